The molecule has 1 aliphatic heterocycles. The molecule has 3 unspecified atom stereocenters. The van der Waals surface area contributed by atoms with Gasteiger partial charge in [0.15, 0.2) is 12.3 Å². The van der Waals surface area contributed by atoms with Crippen molar-refractivity contribution in [2.45, 2.75) is 97.8 Å². The molecule has 2 N–H and O–H groups in total. The lowest BCUT2D eigenvalue weighted by atomic mass is 10.1. The van der Waals surface area contributed by atoms with Crippen molar-refractivity contribution in [3.8, 4) is 0 Å². The van der Waals surface area contributed by atoms with Crippen molar-refractivity contribution in [3.05, 3.63) is 24.6 Å². The molecule has 0 saturated carbocycles. The number of unbranched alkanes of at least 4 members (excludes halogenated alkanes) is 6. The van der Waals surface area contributed by atoms with E-state index in [4.69, 9.17) is 0 Å². The van der Waals surface area contributed by atoms with Gasteiger partial charge < -0.3 is 10.6 Å². The minimum Gasteiger partial charge on any atom is -0.338 e. The fraction of sp³-hybridized carbons (Fsp3) is 0.762. The second kappa shape index (κ2) is 12.1. The van der Waals surface area contributed by atoms with Crippen molar-refractivity contribution in [2.75, 3.05) is 6.54 Å². The minimum absolute atomic E-state index is 0.0458. The Balaban J connectivity index is 2.27. The van der Waals surface area contributed by atoms with Gasteiger partial charge in [-0.2, -0.15) is 0 Å². The number of nitrogens with zero attached hydrogens (tertiary/aromatic N) is 1. The zero-order valence-electron chi connectivity index (χ0n) is 16.9. The number of amides is 1. The third kappa shape index (κ3) is 7.23. The molecule has 0 bridgehead atoms. The topological polar surface area (TPSA) is 41.1 Å². The normalized spacial score (nSPS) is 23.8. The molecule has 25 heavy (non-hydrogen) atoms. The van der Waals surface area contributed by atoms with E-state index in [0.29, 0.717) is 6.17 Å². The van der Waals surface area contributed by atoms with Crippen LogP contribution in [0, 0.1) is 0 Å². The Labute approximate surface area is 155 Å². The van der Waals surface area contributed by atoms with Crippen LogP contribution in [-0.2, 0) is 4.79 Å². The number of carbonyl (C=O) groups is 1. The molecule has 1 heterocycles. The maximum Gasteiger partial charge on any atom is 0.221 e. The Hall–Kier alpha value is -1.29. The highest BCUT2D eigenvalue weighted by molar-refractivity contribution is 5.72. The monoisotopic (exact) mass is 350 g/mol. The van der Waals surface area contributed by atoms with Crippen LogP contribution in [-0.4, -0.2) is 29.3 Å². The van der Waals surface area contributed by atoms with Crippen LogP contribution in [0.25, 0.3) is 0 Å². The van der Waals surface area contributed by atoms with E-state index in [0.717, 1.165) is 17.4 Å². The lowest BCUT2D eigenvalue weighted by molar-refractivity contribution is -0.923. The number of carbonyl (C=O) groups excluding carboxylic acids is 1. The molecule has 0 saturated heterocycles. The maximum absolute atomic E-state index is 11.4. The molecule has 0 radical (unpaired) electrons. The molecule has 0 fully saturated rings. The summed E-state index contributed by atoms with van der Waals surface area (Å²) in [6, 6.07) is 0. The van der Waals surface area contributed by atoms with Gasteiger partial charge in [0.25, 0.3) is 0 Å². The third-order valence-corrected chi connectivity index (χ3v) is 5.39. The summed E-state index contributed by atoms with van der Waals surface area (Å²) < 4.78 is 0.805. The van der Waals surface area contributed by atoms with Crippen LogP contribution in [0.5, 0.6) is 0 Å². The van der Waals surface area contributed by atoms with Gasteiger partial charge in [0.1, 0.15) is 6.20 Å². The number of hydrogen-bond donors (Lipinski definition) is 2. The van der Waals surface area contributed by atoms with Crippen LogP contribution >= 0.6 is 0 Å². The molecule has 4 nitrogen and oxygen atoms in total. The fourth-order valence-corrected chi connectivity index (χ4v) is 3.78. The first kappa shape index (κ1) is 21.8. The highest BCUT2D eigenvalue weighted by Crippen LogP contribution is 2.26. The molecule has 1 rings (SSSR count). The van der Waals surface area contributed by atoms with Crippen LogP contribution < -0.4 is 10.6 Å². The molecule has 0 spiro atoms. The molecule has 0 aromatic rings. The van der Waals surface area contributed by atoms with Crippen molar-refractivity contribution in [3.63, 3.8) is 0 Å². The fourth-order valence-electron chi connectivity index (χ4n) is 3.78. The lowest BCUT2D eigenvalue weighted by Crippen LogP contribution is -2.62. The summed E-state index contributed by atoms with van der Waals surface area (Å²) in [4.78, 5) is 11.4. The molecule has 144 valence electrons. The lowest BCUT2D eigenvalue weighted by Gasteiger charge is -2.41. The van der Waals surface area contributed by atoms with E-state index in [9.17, 15) is 4.79 Å². The van der Waals surface area contributed by atoms with Crippen molar-refractivity contribution < 1.29 is 9.28 Å². The van der Waals surface area contributed by atoms with Gasteiger partial charge in [-0.3, -0.25) is 9.28 Å². The Morgan fingerprint density at radius 1 is 1.16 bits per heavy atom. The van der Waals surface area contributed by atoms with E-state index in [1.54, 1.807) is 6.92 Å². The van der Waals surface area contributed by atoms with Gasteiger partial charge in [0.05, 0.1) is 12.7 Å². The molecule has 4 heteroatoms. The van der Waals surface area contributed by atoms with Crippen molar-refractivity contribution in [1.29, 1.82) is 0 Å². The zero-order valence-corrected chi connectivity index (χ0v) is 16.9. The molecule has 3 atom stereocenters. The van der Waals surface area contributed by atoms with E-state index in [1.807, 2.05) is 0 Å². The quantitative estimate of drug-likeness (QED) is 0.285. The van der Waals surface area contributed by atoms with E-state index in [1.165, 1.54) is 51.4 Å². The summed E-state index contributed by atoms with van der Waals surface area (Å²) in [5.74, 6) is 0.0458. The minimum atomic E-state index is 0.0458. The van der Waals surface area contributed by atoms with Gasteiger partial charge >= 0.3 is 0 Å². The van der Waals surface area contributed by atoms with Gasteiger partial charge in [-0.15, -0.1) is 0 Å². The Morgan fingerprint density at radius 3 is 2.48 bits per heavy atom. The largest absolute Gasteiger partial charge is 0.338 e. The van der Waals surface area contributed by atoms with Crippen molar-refractivity contribution in [1.82, 2.24) is 10.6 Å². The summed E-state index contributed by atoms with van der Waals surface area (Å²) in [7, 11) is 0. The number of allylic oxidation sites excluding steroid dienone is 2. The highest BCUT2D eigenvalue weighted by atomic mass is 16.1. The van der Waals surface area contributed by atoms with Gasteiger partial charge in [0, 0.05) is 20.3 Å². The molecular formula is C21H40N3O+. The van der Waals surface area contributed by atoms with Crippen molar-refractivity contribution in [2.24, 2.45) is 0 Å². The smallest absolute Gasteiger partial charge is 0.221 e. The van der Waals surface area contributed by atoms with E-state index in [2.05, 4.69) is 56.0 Å². The Morgan fingerprint density at radius 2 is 1.84 bits per heavy atom. The Kier molecular flexibility index (Phi) is 10.6. The first-order valence-corrected chi connectivity index (χ1v) is 10.3. The Bertz CT molecular complexity index is 433. The molecule has 1 amide bonds. The number of hydrogen-bond acceptors (Lipinski definition) is 2. The van der Waals surface area contributed by atoms with Gasteiger partial charge in [-0.25, -0.2) is 0 Å². The summed E-state index contributed by atoms with van der Waals surface area (Å²) in [6.07, 6.45) is 20.8. The van der Waals surface area contributed by atoms with Crippen LogP contribution in [0.4, 0.5) is 0 Å². The number of quaternary nitrogens is 1. The highest BCUT2D eigenvalue weighted by Gasteiger charge is 2.41. The summed E-state index contributed by atoms with van der Waals surface area (Å²) in [6.45, 7) is 9.14. The number of nitrogens with one attached hydrogen (secondary N) is 2. The van der Waals surface area contributed by atoms with E-state index in [-0.39, 0.29) is 12.1 Å². The standard InChI is InChI=1S/C21H39N3O/c1-5-7-8-9-10-11-12-13-14-15-16-21-22-17-18-24(21,6-2)19(3)23-20(4)25/h9-10,17-19,21-22H,5-8,11-16H2,1-4H3/p+1/b10-9+. The van der Waals surface area contributed by atoms with E-state index < -0.39 is 0 Å². The second-order valence-electron chi connectivity index (χ2n) is 7.29. The summed E-state index contributed by atoms with van der Waals surface area (Å²) in [5, 5.41) is 6.59. The van der Waals surface area contributed by atoms with Crippen LogP contribution in [0.15, 0.2) is 24.6 Å². The van der Waals surface area contributed by atoms with Gasteiger partial charge in [-0.05, 0) is 32.6 Å². The van der Waals surface area contributed by atoms with Gasteiger partial charge in [0.2, 0.25) is 5.91 Å². The molecule has 0 aromatic carbocycles. The van der Waals surface area contributed by atoms with Crippen LogP contribution in [0.3, 0.4) is 0 Å². The molecule has 1 aliphatic rings. The second-order valence-corrected chi connectivity index (χ2v) is 7.29. The number of rotatable bonds is 13. The predicted octanol–water partition coefficient (Wildman–Crippen LogP) is 4.79. The molecule has 0 aliphatic carbocycles. The average Bonchev–Trinajstić information content (AvgIpc) is 3.00. The molecular weight excluding hydrogens is 310 g/mol. The maximum atomic E-state index is 11.4. The first-order valence-electron chi connectivity index (χ1n) is 10.3. The summed E-state index contributed by atoms with van der Waals surface area (Å²) in [5.41, 5.74) is 0. The van der Waals surface area contributed by atoms with Crippen LogP contribution in [0.1, 0.15) is 85.5 Å². The third-order valence-electron chi connectivity index (χ3n) is 5.39. The van der Waals surface area contributed by atoms with Crippen LogP contribution in [0.2, 0.25) is 0 Å². The predicted molar refractivity (Wildman–Crippen MR) is 107 cm³/mol. The van der Waals surface area contributed by atoms with Crippen molar-refractivity contribution >= 4 is 5.91 Å². The van der Waals surface area contributed by atoms with Gasteiger partial charge in [-0.1, -0.05) is 44.8 Å². The van der Waals surface area contributed by atoms with E-state index >= 15 is 0 Å². The molecule has 0 aromatic heterocycles. The summed E-state index contributed by atoms with van der Waals surface area (Å²) >= 11 is 0. The average molecular weight is 351 g/mol. The first-order chi connectivity index (χ1) is 12.1. The zero-order chi connectivity index (χ0) is 18.5. The SMILES string of the molecule is CCCC/C=C/CCCCCCC1NC=C[N+]1(CC)C(C)NC(C)=O.